The Kier molecular flexibility index (Phi) is 7.43. The average Bonchev–Trinajstić information content (AvgIpc) is 3.33. The summed E-state index contributed by atoms with van der Waals surface area (Å²) in [6.45, 7) is 20.2. The molecule has 1 saturated carbocycles. The summed E-state index contributed by atoms with van der Waals surface area (Å²) >= 11 is 0. The van der Waals surface area contributed by atoms with Gasteiger partial charge in [-0.25, -0.2) is 4.79 Å². The molecule has 1 aliphatic carbocycles. The molecule has 1 saturated heterocycles. The fourth-order valence-corrected chi connectivity index (χ4v) is 13.6. The van der Waals surface area contributed by atoms with Gasteiger partial charge in [-0.1, -0.05) is 54.4 Å². The van der Waals surface area contributed by atoms with E-state index in [0.29, 0.717) is 41.1 Å². The second-order valence-corrected chi connectivity index (χ2v) is 19.1. The number of fused-ring (bicyclic) bond motifs is 1. The van der Waals surface area contributed by atoms with Gasteiger partial charge in [0.2, 0.25) is 0 Å². The molecule has 0 radical (unpaired) electrons. The second kappa shape index (κ2) is 9.86. The number of nitrogens with zero attached hydrogens (tertiary/aromatic N) is 3. The molecule has 2 heterocycles. The molecule has 1 aliphatic heterocycles. The van der Waals surface area contributed by atoms with Crippen LogP contribution >= 0.6 is 0 Å². The number of hydrogen-bond donors (Lipinski definition) is 0. The van der Waals surface area contributed by atoms with Crippen LogP contribution in [0.15, 0.2) is 24.4 Å². The lowest BCUT2D eigenvalue weighted by Gasteiger charge is -2.43. The number of aromatic nitrogens is 2. The number of carbonyl (C=O) groups is 2. The summed E-state index contributed by atoms with van der Waals surface area (Å²) in [5, 5.41) is 5.98. The molecular weight excluding hydrogens is 478 g/mol. The van der Waals surface area contributed by atoms with Crippen LogP contribution in [0.5, 0.6) is 0 Å². The number of ether oxygens (including phenoxy) is 1. The summed E-state index contributed by atoms with van der Waals surface area (Å²) in [4.78, 5) is 29.3. The third kappa shape index (κ3) is 4.88. The Labute approximate surface area is 224 Å². The van der Waals surface area contributed by atoms with E-state index in [2.05, 4.69) is 52.0 Å². The van der Waals surface area contributed by atoms with Gasteiger partial charge in [0.25, 0.3) is 0 Å². The number of Topliss-reactive ketones (excluding diaryl/α,β-unsaturated/α-hetero) is 1. The van der Waals surface area contributed by atoms with E-state index < -0.39 is 19.4 Å². The molecule has 204 valence electrons. The number of ketones is 1. The maximum absolute atomic E-state index is 14.3. The lowest BCUT2D eigenvalue weighted by molar-refractivity contribution is 0.00660. The van der Waals surface area contributed by atoms with Gasteiger partial charge in [0.15, 0.2) is 14.0 Å². The zero-order valence-corrected chi connectivity index (χ0v) is 25.4. The highest BCUT2D eigenvalue weighted by Gasteiger charge is 2.53. The maximum atomic E-state index is 14.3. The van der Waals surface area contributed by atoms with Crippen molar-refractivity contribution in [3.8, 4) is 0 Å². The molecule has 37 heavy (non-hydrogen) atoms. The summed E-state index contributed by atoms with van der Waals surface area (Å²) < 4.78 is 8.12. The molecule has 0 bridgehead atoms. The average molecular weight is 526 g/mol. The van der Waals surface area contributed by atoms with Crippen LogP contribution in [-0.2, 0) is 4.74 Å². The molecule has 1 aromatic heterocycles. The molecule has 1 amide bonds. The number of rotatable bonds is 8. The fraction of sp³-hybridized carbons (Fsp3) is 0.700. The highest BCUT2D eigenvalue weighted by molar-refractivity contribution is 6.82. The van der Waals surface area contributed by atoms with Crippen molar-refractivity contribution in [2.24, 2.45) is 5.92 Å². The van der Waals surface area contributed by atoms with Gasteiger partial charge in [-0.15, -0.1) is 0 Å². The molecule has 0 spiro atoms. The first-order valence-electron chi connectivity index (χ1n) is 14.3. The summed E-state index contributed by atoms with van der Waals surface area (Å²) in [6.07, 6.45) is 6.09. The molecule has 1 atom stereocenters. The first-order chi connectivity index (χ1) is 17.2. The van der Waals surface area contributed by atoms with Crippen LogP contribution in [-0.4, -0.2) is 52.1 Å². The predicted octanol–water partition coefficient (Wildman–Crippen LogP) is 7.81. The normalized spacial score (nSPS) is 21.0. The Morgan fingerprint density at radius 3 is 2.24 bits per heavy atom. The third-order valence-electron chi connectivity index (χ3n) is 8.82. The van der Waals surface area contributed by atoms with Crippen molar-refractivity contribution in [2.75, 3.05) is 6.54 Å². The molecule has 1 unspecified atom stereocenters. The third-order valence-corrected chi connectivity index (χ3v) is 15.5. The van der Waals surface area contributed by atoms with Gasteiger partial charge < -0.3 is 4.74 Å². The van der Waals surface area contributed by atoms with Crippen LogP contribution in [0.1, 0.15) is 105 Å². The minimum absolute atomic E-state index is 0.0532. The topological polar surface area (TPSA) is 64.4 Å². The van der Waals surface area contributed by atoms with Crippen LogP contribution in [0.2, 0.25) is 16.6 Å². The number of hydrogen-bond acceptors (Lipinski definition) is 4. The standard InChI is InChI=1S/C30H47N3O3Si/c1-20(2)37(21(3)4,22(5)6)33-26-14-13-24(17-25(26)19-31-33)27(34)30(18-23-11-12-23)15-10-16-32(30)28(35)36-29(7,8)9/h13-14,17,19-23H,10-12,15-16,18H2,1-9H3. The molecule has 1 aromatic carbocycles. The van der Waals surface area contributed by atoms with Gasteiger partial charge in [-0.2, -0.15) is 5.10 Å². The zero-order chi connectivity index (χ0) is 27.3. The van der Waals surface area contributed by atoms with Crippen LogP contribution in [0.25, 0.3) is 10.9 Å². The summed E-state index contributed by atoms with van der Waals surface area (Å²) in [6, 6.07) is 6.09. The highest BCUT2D eigenvalue weighted by atomic mass is 28.3. The Hall–Kier alpha value is -2.15. The van der Waals surface area contributed by atoms with Gasteiger partial charge >= 0.3 is 6.09 Å². The van der Waals surface area contributed by atoms with E-state index in [9.17, 15) is 9.59 Å². The van der Waals surface area contributed by atoms with E-state index in [-0.39, 0.29) is 11.9 Å². The zero-order valence-electron chi connectivity index (χ0n) is 24.4. The first kappa shape index (κ1) is 27.9. The molecule has 0 N–H and O–H groups in total. The van der Waals surface area contributed by atoms with E-state index in [1.165, 1.54) is 0 Å². The molecule has 2 fully saturated rings. The summed E-state index contributed by atoms with van der Waals surface area (Å²) in [5.41, 5.74) is 1.96. The van der Waals surface area contributed by atoms with E-state index in [1.807, 2.05) is 39.1 Å². The van der Waals surface area contributed by atoms with Gasteiger partial charge in [0.05, 0.1) is 11.7 Å². The number of carbonyl (C=O) groups excluding carboxylic acids is 2. The fourth-order valence-electron chi connectivity index (χ4n) is 7.29. The highest BCUT2D eigenvalue weighted by Crippen LogP contribution is 2.46. The van der Waals surface area contributed by atoms with Crippen molar-refractivity contribution in [3.05, 3.63) is 30.0 Å². The second-order valence-electron chi connectivity index (χ2n) is 13.4. The summed E-state index contributed by atoms with van der Waals surface area (Å²) in [5.74, 6) is 0.561. The molecule has 7 heteroatoms. The van der Waals surface area contributed by atoms with Gasteiger partial charge in [-0.3, -0.25) is 14.0 Å². The van der Waals surface area contributed by atoms with Gasteiger partial charge in [-0.05, 0) is 80.8 Å². The van der Waals surface area contributed by atoms with E-state index in [4.69, 9.17) is 9.84 Å². The lowest BCUT2D eigenvalue weighted by Crippen LogP contribution is -2.54. The quantitative estimate of drug-likeness (QED) is 0.260. The van der Waals surface area contributed by atoms with Crippen molar-refractivity contribution in [2.45, 2.75) is 122 Å². The minimum Gasteiger partial charge on any atom is -0.444 e. The minimum atomic E-state index is -2.01. The van der Waals surface area contributed by atoms with E-state index in [0.717, 1.165) is 36.6 Å². The Balaban J connectivity index is 1.75. The monoisotopic (exact) mass is 525 g/mol. The van der Waals surface area contributed by atoms with Gasteiger partial charge in [0.1, 0.15) is 11.1 Å². The van der Waals surface area contributed by atoms with Crippen LogP contribution in [0, 0.1) is 5.92 Å². The molecule has 2 aromatic rings. The first-order valence-corrected chi connectivity index (χ1v) is 16.5. The Morgan fingerprint density at radius 2 is 1.70 bits per heavy atom. The number of amides is 1. The van der Waals surface area contributed by atoms with Crippen LogP contribution in [0.4, 0.5) is 4.79 Å². The largest absolute Gasteiger partial charge is 0.444 e. The maximum Gasteiger partial charge on any atom is 0.411 e. The van der Waals surface area contributed by atoms with E-state index in [1.54, 1.807) is 4.90 Å². The number of benzene rings is 1. The van der Waals surface area contributed by atoms with Crippen molar-refractivity contribution < 1.29 is 14.3 Å². The SMILES string of the molecule is CC(C)[Si](C(C)C)(C(C)C)n1ncc2cc(C(=O)C3(CC4CC4)CCCN3C(=O)OC(C)(C)C)ccc21. The predicted molar refractivity (Wildman–Crippen MR) is 153 cm³/mol. The van der Waals surface area contributed by atoms with Gasteiger partial charge in [0, 0.05) is 17.5 Å². The Bertz CT molecular complexity index is 1140. The van der Waals surface area contributed by atoms with E-state index >= 15 is 0 Å². The van der Waals surface area contributed by atoms with Crippen LogP contribution in [0.3, 0.4) is 0 Å². The summed E-state index contributed by atoms with van der Waals surface area (Å²) in [7, 11) is -2.01. The molecule has 4 rings (SSSR count). The molecule has 2 aliphatic rings. The Morgan fingerprint density at radius 1 is 1.08 bits per heavy atom. The lowest BCUT2D eigenvalue weighted by atomic mass is 9.82. The molecular formula is C30H47N3O3Si. The van der Waals surface area contributed by atoms with Crippen molar-refractivity contribution in [3.63, 3.8) is 0 Å². The number of likely N-dealkylation sites (tertiary alicyclic amines) is 1. The molecule has 6 nitrogen and oxygen atoms in total. The van der Waals surface area contributed by atoms with Crippen molar-refractivity contribution in [1.29, 1.82) is 0 Å². The smallest absolute Gasteiger partial charge is 0.411 e. The van der Waals surface area contributed by atoms with Crippen molar-refractivity contribution in [1.82, 2.24) is 14.3 Å². The van der Waals surface area contributed by atoms with Crippen LogP contribution < -0.4 is 0 Å². The van der Waals surface area contributed by atoms with Crippen molar-refractivity contribution >= 4 is 31.0 Å².